The van der Waals surface area contributed by atoms with Crippen molar-refractivity contribution in [1.29, 1.82) is 0 Å². The summed E-state index contributed by atoms with van der Waals surface area (Å²) in [4.78, 5) is 28.7. The first-order chi connectivity index (χ1) is 13.8. The van der Waals surface area contributed by atoms with Gasteiger partial charge in [0.25, 0.3) is 5.91 Å². The molecule has 3 aromatic rings. The summed E-state index contributed by atoms with van der Waals surface area (Å²) >= 11 is 2.67. The number of aromatic nitrogens is 4. The van der Waals surface area contributed by atoms with E-state index in [-0.39, 0.29) is 23.6 Å². The van der Waals surface area contributed by atoms with E-state index in [1.807, 2.05) is 45.3 Å². The molecule has 1 aromatic carbocycles. The molecule has 2 amide bonds. The number of nitrogens with one attached hydrogen (secondary N) is 2. The lowest BCUT2D eigenvalue weighted by Crippen LogP contribution is -2.28. The summed E-state index contributed by atoms with van der Waals surface area (Å²) < 4.78 is 1.78. The quantitative estimate of drug-likeness (QED) is 0.559. The number of anilines is 1. The molecule has 0 bridgehead atoms. The van der Waals surface area contributed by atoms with Gasteiger partial charge >= 0.3 is 0 Å². The van der Waals surface area contributed by atoms with Crippen molar-refractivity contribution in [2.75, 3.05) is 11.1 Å². The van der Waals surface area contributed by atoms with E-state index in [4.69, 9.17) is 0 Å². The highest BCUT2D eigenvalue weighted by atomic mass is 32.2. The molecular weight excluding hydrogens is 408 g/mol. The standard InChI is InChI=1S/C19H22N6O2S2/c1-11-5-7-14(8-6-11)17(27)21-13(3)16-23-24-19(25(16)4)29-10-15(26)22-18-20-12(2)9-28-18/h5-9,13H,10H2,1-4H3,(H,21,27)(H,20,22,26). The van der Waals surface area contributed by atoms with Crippen LogP contribution in [-0.4, -0.2) is 37.3 Å². The largest absolute Gasteiger partial charge is 0.342 e. The van der Waals surface area contributed by atoms with Gasteiger partial charge in [0, 0.05) is 18.0 Å². The van der Waals surface area contributed by atoms with E-state index in [1.54, 1.807) is 16.7 Å². The number of hydrogen-bond acceptors (Lipinski definition) is 7. The SMILES string of the molecule is Cc1ccc(C(=O)NC(C)c2nnc(SCC(=O)Nc3nc(C)cs3)n2C)cc1. The van der Waals surface area contributed by atoms with Gasteiger partial charge in [-0.05, 0) is 32.9 Å². The van der Waals surface area contributed by atoms with E-state index in [0.29, 0.717) is 21.7 Å². The minimum Gasteiger partial charge on any atom is -0.342 e. The Labute approximate surface area is 177 Å². The second-order valence-corrected chi connectivity index (χ2v) is 8.39. The average Bonchev–Trinajstić information content (AvgIpc) is 3.25. The van der Waals surface area contributed by atoms with E-state index >= 15 is 0 Å². The van der Waals surface area contributed by atoms with Crippen LogP contribution in [0.5, 0.6) is 0 Å². The summed E-state index contributed by atoms with van der Waals surface area (Å²) in [6.45, 7) is 5.70. The van der Waals surface area contributed by atoms with Gasteiger partial charge in [-0.3, -0.25) is 9.59 Å². The van der Waals surface area contributed by atoms with E-state index in [2.05, 4.69) is 25.8 Å². The van der Waals surface area contributed by atoms with Crippen molar-refractivity contribution >= 4 is 40.0 Å². The maximum Gasteiger partial charge on any atom is 0.251 e. The predicted molar refractivity (Wildman–Crippen MR) is 114 cm³/mol. The van der Waals surface area contributed by atoms with Crippen molar-refractivity contribution in [3.63, 3.8) is 0 Å². The van der Waals surface area contributed by atoms with Crippen molar-refractivity contribution in [1.82, 2.24) is 25.1 Å². The molecule has 0 aliphatic carbocycles. The smallest absolute Gasteiger partial charge is 0.251 e. The van der Waals surface area contributed by atoms with Crippen LogP contribution in [-0.2, 0) is 11.8 Å². The topological polar surface area (TPSA) is 102 Å². The average molecular weight is 431 g/mol. The maximum absolute atomic E-state index is 12.4. The Hall–Kier alpha value is -2.72. The van der Waals surface area contributed by atoms with Crippen molar-refractivity contribution in [3.05, 3.63) is 52.3 Å². The number of hydrogen-bond donors (Lipinski definition) is 2. The van der Waals surface area contributed by atoms with Gasteiger partial charge in [0.15, 0.2) is 16.1 Å². The fraction of sp³-hybridized carbons (Fsp3) is 0.316. The third kappa shape index (κ3) is 5.42. The van der Waals surface area contributed by atoms with Crippen LogP contribution in [0.2, 0.25) is 0 Å². The van der Waals surface area contributed by atoms with Crippen LogP contribution in [0.4, 0.5) is 5.13 Å². The number of benzene rings is 1. The molecule has 1 unspecified atom stereocenters. The number of carbonyl (C=O) groups is 2. The molecule has 3 rings (SSSR count). The molecule has 152 valence electrons. The van der Waals surface area contributed by atoms with Gasteiger partial charge in [-0.15, -0.1) is 21.5 Å². The number of aryl methyl sites for hydroxylation is 2. The molecule has 0 saturated heterocycles. The number of carbonyl (C=O) groups excluding carboxylic acids is 2. The Balaban J connectivity index is 1.57. The van der Waals surface area contributed by atoms with E-state index in [9.17, 15) is 9.59 Å². The van der Waals surface area contributed by atoms with Gasteiger partial charge in [0.05, 0.1) is 17.5 Å². The highest BCUT2D eigenvalue weighted by Gasteiger charge is 2.19. The Morgan fingerprint density at radius 1 is 1.21 bits per heavy atom. The summed E-state index contributed by atoms with van der Waals surface area (Å²) in [7, 11) is 1.81. The molecule has 8 nitrogen and oxygen atoms in total. The molecule has 1 atom stereocenters. The molecule has 29 heavy (non-hydrogen) atoms. The summed E-state index contributed by atoms with van der Waals surface area (Å²) in [6, 6.07) is 7.04. The van der Waals surface area contributed by atoms with Gasteiger partial charge in [0.2, 0.25) is 5.91 Å². The van der Waals surface area contributed by atoms with Gasteiger partial charge in [-0.1, -0.05) is 29.5 Å². The second-order valence-electron chi connectivity index (χ2n) is 6.59. The second kappa shape index (κ2) is 9.19. The molecule has 0 spiro atoms. The van der Waals surface area contributed by atoms with E-state index in [0.717, 1.165) is 11.3 Å². The Morgan fingerprint density at radius 2 is 1.93 bits per heavy atom. The zero-order chi connectivity index (χ0) is 21.0. The van der Waals surface area contributed by atoms with Crippen LogP contribution < -0.4 is 10.6 Å². The van der Waals surface area contributed by atoms with Gasteiger partial charge in [0.1, 0.15) is 0 Å². The molecule has 2 N–H and O–H groups in total. The Kier molecular flexibility index (Phi) is 6.65. The van der Waals surface area contributed by atoms with Crippen molar-refractivity contribution in [2.45, 2.75) is 32.0 Å². The lowest BCUT2D eigenvalue weighted by molar-refractivity contribution is -0.113. The van der Waals surface area contributed by atoms with E-state index in [1.165, 1.54) is 23.1 Å². The Bertz CT molecular complexity index is 1010. The number of rotatable bonds is 7. The first-order valence-corrected chi connectivity index (χ1v) is 10.8. The minimum absolute atomic E-state index is 0.158. The third-order valence-electron chi connectivity index (χ3n) is 4.11. The van der Waals surface area contributed by atoms with Crippen LogP contribution >= 0.6 is 23.1 Å². The lowest BCUT2D eigenvalue weighted by atomic mass is 10.1. The summed E-state index contributed by atoms with van der Waals surface area (Å²) in [6.07, 6.45) is 0. The molecule has 2 heterocycles. The van der Waals surface area contributed by atoms with Crippen LogP contribution in [0.25, 0.3) is 0 Å². The molecule has 0 fully saturated rings. The Morgan fingerprint density at radius 3 is 2.59 bits per heavy atom. The van der Waals surface area contributed by atoms with Crippen molar-refractivity contribution in [2.24, 2.45) is 7.05 Å². The number of amides is 2. The summed E-state index contributed by atoms with van der Waals surface area (Å²) in [5.41, 5.74) is 2.56. The van der Waals surface area contributed by atoms with Crippen LogP contribution in [0.15, 0.2) is 34.8 Å². The summed E-state index contributed by atoms with van der Waals surface area (Å²) in [5.74, 6) is 0.473. The molecule has 0 aliphatic heterocycles. The number of thiazole rings is 1. The van der Waals surface area contributed by atoms with Crippen LogP contribution in [0.3, 0.4) is 0 Å². The number of nitrogens with zero attached hydrogens (tertiary/aromatic N) is 4. The number of thioether (sulfide) groups is 1. The fourth-order valence-corrected chi connectivity index (χ4v) is 4.00. The zero-order valence-electron chi connectivity index (χ0n) is 16.6. The van der Waals surface area contributed by atoms with E-state index < -0.39 is 0 Å². The predicted octanol–water partition coefficient (Wildman–Crippen LogP) is 3.11. The molecular formula is C19H22N6O2S2. The molecule has 2 aromatic heterocycles. The normalized spacial score (nSPS) is 11.9. The third-order valence-corrected chi connectivity index (χ3v) is 6.01. The molecule has 0 aliphatic rings. The fourth-order valence-electron chi connectivity index (χ4n) is 2.58. The lowest BCUT2D eigenvalue weighted by Gasteiger charge is -2.13. The molecule has 10 heteroatoms. The highest BCUT2D eigenvalue weighted by molar-refractivity contribution is 7.99. The maximum atomic E-state index is 12.4. The summed E-state index contributed by atoms with van der Waals surface area (Å²) in [5, 5.41) is 17.1. The zero-order valence-corrected chi connectivity index (χ0v) is 18.2. The minimum atomic E-state index is -0.331. The first-order valence-electron chi connectivity index (χ1n) is 8.95. The highest BCUT2D eigenvalue weighted by Crippen LogP contribution is 2.20. The van der Waals surface area contributed by atoms with Gasteiger partial charge in [-0.25, -0.2) is 4.98 Å². The van der Waals surface area contributed by atoms with Gasteiger partial charge < -0.3 is 15.2 Å². The molecule has 0 radical (unpaired) electrons. The van der Waals surface area contributed by atoms with Crippen molar-refractivity contribution in [3.8, 4) is 0 Å². The van der Waals surface area contributed by atoms with Crippen molar-refractivity contribution < 1.29 is 9.59 Å². The van der Waals surface area contributed by atoms with Crippen LogP contribution in [0, 0.1) is 13.8 Å². The van der Waals surface area contributed by atoms with Crippen LogP contribution in [0.1, 0.15) is 40.4 Å². The molecule has 0 saturated carbocycles. The van der Waals surface area contributed by atoms with Gasteiger partial charge in [-0.2, -0.15) is 0 Å². The monoisotopic (exact) mass is 430 g/mol. The first kappa shape index (κ1) is 21.0.